The van der Waals surface area contributed by atoms with Crippen LogP contribution in [0.3, 0.4) is 0 Å². The summed E-state index contributed by atoms with van der Waals surface area (Å²) in [6.45, 7) is 3.11. The monoisotopic (exact) mass is 773 g/mol. The van der Waals surface area contributed by atoms with Gasteiger partial charge in [-0.15, -0.1) is 0 Å². The van der Waals surface area contributed by atoms with Gasteiger partial charge < -0.3 is 29.6 Å². The van der Waals surface area contributed by atoms with Crippen molar-refractivity contribution in [3.63, 3.8) is 0 Å². The Labute approximate surface area is 285 Å². The number of esters is 1. The Balaban J connectivity index is 1.39. The quantitative estimate of drug-likeness (QED) is 0.0884. The van der Waals surface area contributed by atoms with Gasteiger partial charge in [0.1, 0.15) is 6.61 Å². The van der Waals surface area contributed by atoms with Crippen molar-refractivity contribution in [3.05, 3.63) is 102 Å². The number of halogens is 2. The number of methoxy groups -OCH3 is 1. The third-order valence-corrected chi connectivity index (χ3v) is 7.70. The molecule has 0 aliphatic carbocycles. The molecule has 0 aromatic heterocycles. The van der Waals surface area contributed by atoms with Gasteiger partial charge in [-0.25, -0.2) is 15.0 Å². The summed E-state index contributed by atoms with van der Waals surface area (Å²) in [5, 5.41) is 20.9. The van der Waals surface area contributed by atoms with Gasteiger partial charge in [0.15, 0.2) is 18.1 Å². The van der Waals surface area contributed by atoms with Crippen LogP contribution in [-0.4, -0.2) is 49.4 Å². The molecule has 0 radical (unpaired) electrons. The highest BCUT2D eigenvalue weighted by Gasteiger charge is 2.32. The fraction of sp³-hybridized carbons (Fsp3) is 0.226. The molecule has 1 heterocycles. The molecule has 1 aliphatic heterocycles. The van der Waals surface area contributed by atoms with E-state index in [1.807, 2.05) is 24.3 Å². The van der Waals surface area contributed by atoms with Gasteiger partial charge in [0.05, 0.1) is 40.9 Å². The first-order valence-corrected chi connectivity index (χ1v) is 15.5. The molecular weight excluding hydrogens is 746 g/mol. The van der Waals surface area contributed by atoms with Crippen molar-refractivity contribution in [3.8, 4) is 17.2 Å². The molecule has 47 heavy (non-hydrogen) atoms. The van der Waals surface area contributed by atoms with Crippen molar-refractivity contribution in [2.45, 2.75) is 26.5 Å². The minimum Gasteiger partial charge on any atom is -0.493 e. The first-order chi connectivity index (χ1) is 22.5. The van der Waals surface area contributed by atoms with E-state index in [-0.39, 0.29) is 41.7 Å². The Kier molecular flexibility index (Phi) is 11.9. The van der Waals surface area contributed by atoms with Crippen LogP contribution >= 0.6 is 31.9 Å². The number of hydrazone groups is 1. The fourth-order valence-corrected chi connectivity index (χ4v) is 5.30. The highest BCUT2D eigenvalue weighted by Crippen LogP contribution is 2.37. The SMILES string of the molecule is CCOC(=O)C1=C(C)NC(=O)N[C@@H]1c1ccc(OCC(=O)N/N=C/c2cc(Br)c(OCc3ccc(Br)cc3)c([N+](=O)[O-])c2)c(OC)c1. The second-order valence-corrected chi connectivity index (χ2v) is 11.6. The Morgan fingerprint density at radius 2 is 1.83 bits per heavy atom. The first-order valence-electron chi connectivity index (χ1n) is 13.9. The van der Waals surface area contributed by atoms with Crippen LogP contribution in [0, 0.1) is 10.1 Å². The molecule has 3 aromatic carbocycles. The highest BCUT2D eigenvalue weighted by molar-refractivity contribution is 9.10. The van der Waals surface area contributed by atoms with E-state index in [9.17, 15) is 24.5 Å². The molecule has 1 atom stereocenters. The minimum absolute atomic E-state index is 0.0540. The lowest BCUT2D eigenvalue weighted by Gasteiger charge is -2.28. The summed E-state index contributed by atoms with van der Waals surface area (Å²) in [6, 6.07) is 13.6. The number of carbonyl (C=O) groups excluding carboxylic acids is 3. The summed E-state index contributed by atoms with van der Waals surface area (Å²) in [4.78, 5) is 48.4. The van der Waals surface area contributed by atoms with Crippen molar-refractivity contribution in [1.82, 2.24) is 16.1 Å². The van der Waals surface area contributed by atoms with Crippen LogP contribution in [0.25, 0.3) is 0 Å². The molecule has 3 amide bonds. The molecule has 246 valence electrons. The Morgan fingerprint density at radius 1 is 1.09 bits per heavy atom. The standard InChI is InChI=1S/C31H29Br2N5O9/c1-4-45-30(40)27-17(2)35-31(41)36-28(27)20-7-10-24(25(13-20)44-3)46-16-26(39)37-34-14-19-11-22(33)29(23(12-19)38(42)43)47-15-18-5-8-21(32)9-6-18/h5-14,28H,4,15-16H2,1-3H3,(H,37,39)(H2,35,36,41)/b34-14+/t28-/m1/s1. The topological polar surface area (TPSA) is 180 Å². The number of hydrogen-bond donors (Lipinski definition) is 3. The van der Waals surface area contributed by atoms with Gasteiger partial charge in [0.2, 0.25) is 5.75 Å². The van der Waals surface area contributed by atoms with Crippen LogP contribution in [-0.2, 0) is 20.9 Å². The highest BCUT2D eigenvalue weighted by atomic mass is 79.9. The smallest absolute Gasteiger partial charge is 0.338 e. The maximum absolute atomic E-state index is 12.6. The number of nitrogens with one attached hydrogen (secondary N) is 3. The van der Waals surface area contributed by atoms with Gasteiger partial charge >= 0.3 is 17.7 Å². The summed E-state index contributed by atoms with van der Waals surface area (Å²) >= 11 is 6.68. The first kappa shape index (κ1) is 34.9. The molecule has 0 saturated carbocycles. The Morgan fingerprint density at radius 3 is 2.51 bits per heavy atom. The van der Waals surface area contributed by atoms with Gasteiger partial charge in [-0.05, 0) is 71.2 Å². The van der Waals surface area contributed by atoms with Crippen LogP contribution in [0.4, 0.5) is 10.5 Å². The zero-order valence-electron chi connectivity index (χ0n) is 25.3. The molecule has 14 nitrogen and oxygen atoms in total. The fourth-order valence-electron chi connectivity index (χ4n) is 4.45. The van der Waals surface area contributed by atoms with Crippen LogP contribution in [0.15, 0.2) is 79.9 Å². The van der Waals surface area contributed by atoms with Crippen molar-refractivity contribution in [1.29, 1.82) is 0 Å². The number of rotatable bonds is 13. The maximum atomic E-state index is 12.6. The molecule has 16 heteroatoms. The zero-order valence-corrected chi connectivity index (χ0v) is 28.5. The number of allylic oxidation sites excluding steroid dienone is 1. The zero-order chi connectivity index (χ0) is 34.1. The maximum Gasteiger partial charge on any atom is 0.338 e. The number of nitro benzene ring substituents is 1. The number of carbonyl (C=O) groups is 3. The average Bonchev–Trinajstić information content (AvgIpc) is 3.03. The largest absolute Gasteiger partial charge is 0.493 e. The predicted molar refractivity (Wildman–Crippen MR) is 177 cm³/mol. The van der Waals surface area contributed by atoms with Crippen LogP contribution in [0.2, 0.25) is 0 Å². The summed E-state index contributed by atoms with van der Waals surface area (Å²) in [5.41, 5.74) is 4.29. The van der Waals surface area contributed by atoms with E-state index in [4.69, 9.17) is 18.9 Å². The molecule has 0 saturated heterocycles. The summed E-state index contributed by atoms with van der Waals surface area (Å²) < 4.78 is 23.2. The lowest BCUT2D eigenvalue weighted by Crippen LogP contribution is -2.45. The van der Waals surface area contributed by atoms with Crippen LogP contribution in [0.5, 0.6) is 17.2 Å². The molecule has 1 aliphatic rings. The molecule has 3 aromatic rings. The molecular formula is C31H29Br2N5O9. The van der Waals surface area contributed by atoms with Crippen molar-refractivity contribution in [2.75, 3.05) is 20.3 Å². The average molecular weight is 775 g/mol. The second kappa shape index (κ2) is 16.0. The summed E-state index contributed by atoms with van der Waals surface area (Å²) in [7, 11) is 1.40. The minimum atomic E-state index is -0.814. The van der Waals surface area contributed by atoms with E-state index in [0.717, 1.165) is 10.0 Å². The molecule has 4 rings (SSSR count). The van der Waals surface area contributed by atoms with E-state index >= 15 is 0 Å². The molecule has 3 N–H and O–H groups in total. The molecule has 0 unspecified atom stereocenters. The van der Waals surface area contributed by atoms with E-state index < -0.39 is 35.5 Å². The van der Waals surface area contributed by atoms with E-state index in [1.165, 1.54) is 25.5 Å². The Bertz CT molecular complexity index is 1750. The Hall–Kier alpha value is -4.96. The number of benzene rings is 3. The number of hydrogen-bond acceptors (Lipinski definition) is 10. The normalized spacial score (nSPS) is 14.2. The van der Waals surface area contributed by atoms with Crippen LogP contribution < -0.4 is 30.3 Å². The molecule has 0 bridgehead atoms. The van der Waals surface area contributed by atoms with E-state index in [0.29, 0.717) is 21.3 Å². The van der Waals surface area contributed by atoms with Crippen molar-refractivity contribution in [2.24, 2.45) is 5.10 Å². The van der Waals surface area contributed by atoms with Crippen LogP contribution in [0.1, 0.15) is 36.6 Å². The number of nitro groups is 1. The number of nitrogens with zero attached hydrogens (tertiary/aromatic N) is 2. The van der Waals surface area contributed by atoms with Gasteiger partial charge in [0.25, 0.3) is 5.91 Å². The summed E-state index contributed by atoms with van der Waals surface area (Å²) in [5.74, 6) is -0.691. The predicted octanol–water partition coefficient (Wildman–Crippen LogP) is 5.43. The van der Waals surface area contributed by atoms with Gasteiger partial charge in [-0.3, -0.25) is 14.9 Å². The second-order valence-electron chi connectivity index (χ2n) is 9.81. The molecule has 0 spiro atoms. The lowest BCUT2D eigenvalue weighted by atomic mass is 9.95. The third-order valence-electron chi connectivity index (χ3n) is 6.59. The van der Waals surface area contributed by atoms with Gasteiger partial charge in [-0.1, -0.05) is 34.1 Å². The number of ether oxygens (including phenoxy) is 4. The van der Waals surface area contributed by atoms with Crippen molar-refractivity contribution >= 4 is 61.7 Å². The van der Waals surface area contributed by atoms with Gasteiger partial charge in [0, 0.05) is 21.8 Å². The van der Waals surface area contributed by atoms with E-state index in [1.54, 1.807) is 32.0 Å². The summed E-state index contributed by atoms with van der Waals surface area (Å²) in [6.07, 6.45) is 1.24. The number of amides is 3. The van der Waals surface area contributed by atoms with Gasteiger partial charge in [-0.2, -0.15) is 5.10 Å². The van der Waals surface area contributed by atoms with E-state index in [2.05, 4.69) is 53.0 Å². The lowest BCUT2D eigenvalue weighted by molar-refractivity contribution is -0.386. The number of urea groups is 1. The third kappa shape index (κ3) is 9.07. The molecule has 0 fully saturated rings. The van der Waals surface area contributed by atoms with Crippen molar-refractivity contribution < 1.29 is 38.3 Å².